The minimum Gasteiger partial charge on any atom is -0.392 e. The van der Waals surface area contributed by atoms with Crippen LogP contribution in [-0.2, 0) is 6.42 Å². The van der Waals surface area contributed by atoms with Crippen molar-refractivity contribution in [2.75, 3.05) is 6.54 Å². The van der Waals surface area contributed by atoms with E-state index in [1.165, 1.54) is 12.1 Å². The van der Waals surface area contributed by atoms with Crippen molar-refractivity contribution < 1.29 is 9.50 Å². The molecule has 2 N–H and O–H groups in total. The standard InChI is InChI=1S/C12H18FNO/c1-9(10(2)15)14-7-6-11-4-3-5-12(13)8-11/h3-5,8-10,14-15H,6-7H2,1-2H3. The molecule has 0 fully saturated rings. The molecule has 1 aromatic carbocycles. The number of aliphatic hydroxyl groups is 1. The second-order valence-electron chi connectivity index (χ2n) is 3.86. The van der Waals surface area contributed by atoms with E-state index in [1.807, 2.05) is 13.0 Å². The molecule has 0 aromatic heterocycles. The number of aliphatic hydroxyl groups excluding tert-OH is 1. The molecule has 15 heavy (non-hydrogen) atoms. The number of rotatable bonds is 5. The van der Waals surface area contributed by atoms with Crippen LogP contribution in [0.4, 0.5) is 4.39 Å². The number of hydrogen-bond donors (Lipinski definition) is 2. The van der Waals surface area contributed by atoms with Crippen LogP contribution >= 0.6 is 0 Å². The van der Waals surface area contributed by atoms with Crippen LogP contribution in [0.2, 0.25) is 0 Å². The number of benzene rings is 1. The van der Waals surface area contributed by atoms with E-state index >= 15 is 0 Å². The van der Waals surface area contributed by atoms with Gasteiger partial charge >= 0.3 is 0 Å². The van der Waals surface area contributed by atoms with Gasteiger partial charge in [0.1, 0.15) is 5.82 Å². The van der Waals surface area contributed by atoms with Crippen LogP contribution in [0.25, 0.3) is 0 Å². The first-order valence-electron chi connectivity index (χ1n) is 5.25. The smallest absolute Gasteiger partial charge is 0.123 e. The van der Waals surface area contributed by atoms with Crippen LogP contribution in [-0.4, -0.2) is 23.8 Å². The summed E-state index contributed by atoms with van der Waals surface area (Å²) in [6, 6.07) is 6.66. The van der Waals surface area contributed by atoms with Crippen LogP contribution < -0.4 is 5.32 Å². The van der Waals surface area contributed by atoms with Gasteiger partial charge in [-0.2, -0.15) is 0 Å². The van der Waals surface area contributed by atoms with Crippen molar-refractivity contribution in [1.82, 2.24) is 5.32 Å². The summed E-state index contributed by atoms with van der Waals surface area (Å²) in [7, 11) is 0. The average Bonchev–Trinajstić information content (AvgIpc) is 2.17. The minimum atomic E-state index is -0.363. The summed E-state index contributed by atoms with van der Waals surface area (Å²) >= 11 is 0. The number of halogens is 1. The molecule has 2 unspecified atom stereocenters. The van der Waals surface area contributed by atoms with Gasteiger partial charge in [0.2, 0.25) is 0 Å². The van der Waals surface area contributed by atoms with Gasteiger partial charge in [0.05, 0.1) is 6.10 Å². The second kappa shape index (κ2) is 5.83. The van der Waals surface area contributed by atoms with E-state index in [2.05, 4.69) is 5.32 Å². The molecule has 0 aliphatic carbocycles. The molecule has 2 nitrogen and oxygen atoms in total. The zero-order chi connectivity index (χ0) is 11.3. The Hall–Kier alpha value is -0.930. The fraction of sp³-hybridized carbons (Fsp3) is 0.500. The molecular formula is C12H18FNO. The van der Waals surface area contributed by atoms with Crippen molar-refractivity contribution in [3.63, 3.8) is 0 Å². The summed E-state index contributed by atoms with van der Waals surface area (Å²) in [5, 5.41) is 12.4. The van der Waals surface area contributed by atoms with Gasteiger partial charge in [0.15, 0.2) is 0 Å². The van der Waals surface area contributed by atoms with Crippen molar-refractivity contribution in [1.29, 1.82) is 0 Å². The number of hydrogen-bond acceptors (Lipinski definition) is 2. The van der Waals surface area contributed by atoms with Crippen LogP contribution in [0.15, 0.2) is 24.3 Å². The monoisotopic (exact) mass is 211 g/mol. The van der Waals surface area contributed by atoms with Crippen molar-refractivity contribution in [2.24, 2.45) is 0 Å². The Kier molecular flexibility index (Phi) is 4.72. The zero-order valence-corrected chi connectivity index (χ0v) is 9.20. The van der Waals surface area contributed by atoms with E-state index in [1.54, 1.807) is 13.0 Å². The lowest BCUT2D eigenvalue weighted by atomic mass is 10.1. The normalized spacial score (nSPS) is 14.9. The maximum absolute atomic E-state index is 12.8. The summed E-state index contributed by atoms with van der Waals surface area (Å²) in [4.78, 5) is 0. The van der Waals surface area contributed by atoms with Crippen molar-refractivity contribution in [2.45, 2.75) is 32.4 Å². The van der Waals surface area contributed by atoms with E-state index in [9.17, 15) is 9.50 Å². The van der Waals surface area contributed by atoms with Crippen LogP contribution in [0, 0.1) is 5.82 Å². The zero-order valence-electron chi connectivity index (χ0n) is 9.20. The predicted molar refractivity (Wildman–Crippen MR) is 59.2 cm³/mol. The van der Waals surface area contributed by atoms with Gasteiger partial charge in [-0.1, -0.05) is 12.1 Å². The highest BCUT2D eigenvalue weighted by atomic mass is 19.1. The van der Waals surface area contributed by atoms with Gasteiger partial charge in [-0.15, -0.1) is 0 Å². The summed E-state index contributed by atoms with van der Waals surface area (Å²) in [5.41, 5.74) is 0.972. The first-order valence-corrected chi connectivity index (χ1v) is 5.25. The number of nitrogens with one attached hydrogen (secondary N) is 1. The third kappa shape index (κ3) is 4.40. The predicted octanol–water partition coefficient (Wildman–Crippen LogP) is 1.73. The van der Waals surface area contributed by atoms with Crippen LogP contribution in [0.1, 0.15) is 19.4 Å². The summed E-state index contributed by atoms with van der Waals surface area (Å²) in [6.07, 6.45) is 0.409. The first kappa shape index (κ1) is 12.1. The van der Waals surface area contributed by atoms with Gasteiger partial charge in [-0.3, -0.25) is 0 Å². The molecule has 0 amide bonds. The van der Waals surface area contributed by atoms with E-state index in [4.69, 9.17) is 0 Å². The van der Waals surface area contributed by atoms with E-state index in [-0.39, 0.29) is 18.0 Å². The lowest BCUT2D eigenvalue weighted by Crippen LogP contribution is -2.36. The Balaban J connectivity index is 2.32. The highest BCUT2D eigenvalue weighted by Crippen LogP contribution is 2.03. The minimum absolute atomic E-state index is 0.0681. The average molecular weight is 211 g/mol. The maximum Gasteiger partial charge on any atom is 0.123 e. The van der Waals surface area contributed by atoms with E-state index in [0.29, 0.717) is 0 Å². The summed E-state index contributed by atoms with van der Waals surface area (Å²) in [6.45, 7) is 4.42. The lowest BCUT2D eigenvalue weighted by Gasteiger charge is -2.16. The molecule has 0 spiro atoms. The Morgan fingerprint density at radius 2 is 2.13 bits per heavy atom. The molecule has 84 valence electrons. The fourth-order valence-electron chi connectivity index (χ4n) is 1.31. The quantitative estimate of drug-likeness (QED) is 0.777. The molecular weight excluding hydrogens is 193 g/mol. The molecule has 0 saturated heterocycles. The topological polar surface area (TPSA) is 32.3 Å². The van der Waals surface area contributed by atoms with Crippen molar-refractivity contribution in [3.8, 4) is 0 Å². The molecule has 0 radical (unpaired) electrons. The molecule has 3 heteroatoms. The van der Waals surface area contributed by atoms with Gasteiger partial charge in [0, 0.05) is 6.04 Å². The lowest BCUT2D eigenvalue weighted by molar-refractivity contribution is 0.153. The molecule has 0 bridgehead atoms. The maximum atomic E-state index is 12.8. The summed E-state index contributed by atoms with van der Waals surface area (Å²) < 4.78 is 12.8. The van der Waals surface area contributed by atoms with Crippen LogP contribution in [0.5, 0.6) is 0 Å². The molecule has 1 rings (SSSR count). The second-order valence-corrected chi connectivity index (χ2v) is 3.86. The van der Waals surface area contributed by atoms with Gasteiger partial charge < -0.3 is 10.4 Å². The third-order valence-electron chi connectivity index (χ3n) is 2.49. The molecule has 0 saturated carbocycles. The first-order chi connectivity index (χ1) is 7.09. The molecule has 0 heterocycles. The Labute approximate surface area is 90.1 Å². The van der Waals surface area contributed by atoms with Crippen LogP contribution in [0.3, 0.4) is 0 Å². The molecule has 0 aliphatic rings. The Morgan fingerprint density at radius 1 is 1.40 bits per heavy atom. The third-order valence-corrected chi connectivity index (χ3v) is 2.49. The van der Waals surface area contributed by atoms with Gasteiger partial charge in [0.25, 0.3) is 0 Å². The Bertz CT molecular complexity index is 301. The highest BCUT2D eigenvalue weighted by molar-refractivity contribution is 5.16. The van der Waals surface area contributed by atoms with Crippen molar-refractivity contribution in [3.05, 3.63) is 35.6 Å². The highest BCUT2D eigenvalue weighted by Gasteiger charge is 2.06. The summed E-state index contributed by atoms with van der Waals surface area (Å²) in [5.74, 6) is -0.198. The van der Waals surface area contributed by atoms with Gasteiger partial charge in [-0.25, -0.2) is 4.39 Å². The van der Waals surface area contributed by atoms with E-state index < -0.39 is 0 Å². The Morgan fingerprint density at radius 3 is 2.73 bits per heavy atom. The molecule has 2 atom stereocenters. The molecule has 0 aliphatic heterocycles. The van der Waals surface area contributed by atoms with Crippen molar-refractivity contribution >= 4 is 0 Å². The fourth-order valence-corrected chi connectivity index (χ4v) is 1.31. The SMILES string of the molecule is CC(O)C(C)NCCc1cccc(F)c1. The van der Waals surface area contributed by atoms with Gasteiger partial charge in [-0.05, 0) is 44.5 Å². The van der Waals surface area contributed by atoms with E-state index in [0.717, 1.165) is 18.5 Å². The molecule has 1 aromatic rings. The largest absolute Gasteiger partial charge is 0.392 e.